The molecule has 11 heteroatoms. The molecule has 28 heavy (non-hydrogen) atoms. The van der Waals surface area contributed by atoms with Gasteiger partial charge in [-0.25, -0.2) is 13.9 Å². The highest BCUT2D eigenvalue weighted by molar-refractivity contribution is 7.89. The number of nitrogens with one attached hydrogen (secondary N) is 2. The molecular formula is C17H16ClN3O6S. The summed E-state index contributed by atoms with van der Waals surface area (Å²) in [4.78, 5) is 23.2. The van der Waals surface area contributed by atoms with Crippen LogP contribution >= 0.6 is 11.6 Å². The van der Waals surface area contributed by atoms with E-state index in [1.54, 1.807) is 24.3 Å². The van der Waals surface area contributed by atoms with Gasteiger partial charge in [-0.1, -0.05) is 11.6 Å². The monoisotopic (exact) mass is 425 g/mol. The highest BCUT2D eigenvalue weighted by Gasteiger charge is 2.40. The zero-order chi connectivity index (χ0) is 20.3. The van der Waals surface area contributed by atoms with Crippen LogP contribution in [0.15, 0.2) is 53.4 Å². The molecule has 1 aliphatic rings. The van der Waals surface area contributed by atoms with E-state index in [2.05, 4.69) is 5.32 Å². The first-order valence-corrected chi connectivity index (χ1v) is 9.92. The summed E-state index contributed by atoms with van der Waals surface area (Å²) in [6, 6.07) is 12.2. The average molecular weight is 426 g/mol. The van der Waals surface area contributed by atoms with E-state index in [9.17, 15) is 18.0 Å². The van der Waals surface area contributed by atoms with Crippen molar-refractivity contribution in [2.24, 2.45) is 0 Å². The molecule has 2 amide bonds. The molecular weight excluding hydrogens is 410 g/mol. The van der Waals surface area contributed by atoms with Crippen LogP contribution in [0.5, 0.6) is 11.5 Å². The number of hydroxylamine groups is 1. The van der Waals surface area contributed by atoms with Gasteiger partial charge in [-0.15, -0.1) is 0 Å². The lowest BCUT2D eigenvalue weighted by molar-refractivity contribution is -0.140. The van der Waals surface area contributed by atoms with Crippen LogP contribution in [0.1, 0.15) is 6.42 Å². The molecule has 1 saturated heterocycles. The number of rotatable bonds is 5. The smallest absolute Gasteiger partial charge is 0.282 e. The molecule has 148 valence electrons. The van der Waals surface area contributed by atoms with Crippen molar-refractivity contribution in [3.8, 4) is 11.5 Å². The second-order valence-corrected chi connectivity index (χ2v) is 8.17. The van der Waals surface area contributed by atoms with Crippen molar-refractivity contribution in [1.82, 2.24) is 15.1 Å². The summed E-state index contributed by atoms with van der Waals surface area (Å²) in [7, 11) is -4.11. The Hall–Kier alpha value is -2.66. The number of carbonyl (C=O) groups is 2. The SMILES string of the molecule is O=C1CCN(S(=O)(=O)c2ccc(Oc3ccc(Cl)cc3)cc2)C(C(=O)NO)N1. The molecule has 1 atom stereocenters. The molecule has 0 saturated carbocycles. The summed E-state index contributed by atoms with van der Waals surface area (Å²) in [5, 5.41) is 11.6. The van der Waals surface area contributed by atoms with Gasteiger partial charge in [-0.05, 0) is 48.5 Å². The molecule has 2 aromatic carbocycles. The van der Waals surface area contributed by atoms with E-state index in [0.717, 1.165) is 4.31 Å². The number of nitrogens with zero attached hydrogens (tertiary/aromatic N) is 1. The number of ether oxygens (including phenoxy) is 1. The molecule has 1 heterocycles. The van der Waals surface area contributed by atoms with Gasteiger partial charge < -0.3 is 10.1 Å². The topological polar surface area (TPSA) is 125 Å². The van der Waals surface area contributed by atoms with Crippen LogP contribution in [-0.2, 0) is 19.6 Å². The minimum Gasteiger partial charge on any atom is -0.457 e. The molecule has 1 aliphatic heterocycles. The molecule has 0 aliphatic carbocycles. The van der Waals surface area contributed by atoms with E-state index in [1.807, 2.05) is 0 Å². The lowest BCUT2D eigenvalue weighted by Gasteiger charge is -2.33. The minimum atomic E-state index is -4.11. The second-order valence-electron chi connectivity index (χ2n) is 5.84. The zero-order valence-corrected chi connectivity index (χ0v) is 15.9. The Morgan fingerprint density at radius 3 is 2.29 bits per heavy atom. The number of benzene rings is 2. The van der Waals surface area contributed by atoms with Crippen LogP contribution in [0, 0.1) is 0 Å². The molecule has 2 aromatic rings. The lowest BCUT2D eigenvalue weighted by atomic mass is 10.3. The summed E-state index contributed by atoms with van der Waals surface area (Å²) in [6.07, 6.45) is -1.65. The van der Waals surface area contributed by atoms with Crippen LogP contribution in [0.4, 0.5) is 0 Å². The first kappa shape index (κ1) is 20.1. The molecule has 3 N–H and O–H groups in total. The molecule has 0 spiro atoms. The molecule has 1 unspecified atom stereocenters. The van der Waals surface area contributed by atoms with E-state index < -0.39 is 28.0 Å². The number of hydrogen-bond donors (Lipinski definition) is 3. The number of amides is 2. The zero-order valence-electron chi connectivity index (χ0n) is 14.3. The van der Waals surface area contributed by atoms with Gasteiger partial charge in [0.15, 0.2) is 6.17 Å². The van der Waals surface area contributed by atoms with Crippen LogP contribution in [0.3, 0.4) is 0 Å². The second kappa shape index (κ2) is 8.15. The predicted molar refractivity (Wildman–Crippen MR) is 98.3 cm³/mol. The summed E-state index contributed by atoms with van der Waals surface area (Å²) >= 11 is 5.82. The van der Waals surface area contributed by atoms with Crippen molar-refractivity contribution < 1.29 is 28.0 Å². The van der Waals surface area contributed by atoms with Gasteiger partial charge >= 0.3 is 0 Å². The molecule has 0 radical (unpaired) electrons. The van der Waals surface area contributed by atoms with Crippen LogP contribution in [0.2, 0.25) is 5.02 Å². The van der Waals surface area contributed by atoms with E-state index in [1.165, 1.54) is 29.7 Å². The van der Waals surface area contributed by atoms with Crippen molar-refractivity contribution in [1.29, 1.82) is 0 Å². The Bertz CT molecular complexity index is 979. The van der Waals surface area contributed by atoms with Gasteiger partial charge in [0.25, 0.3) is 5.91 Å². The fraction of sp³-hybridized carbons (Fsp3) is 0.176. The van der Waals surface area contributed by atoms with Crippen molar-refractivity contribution >= 4 is 33.4 Å². The van der Waals surface area contributed by atoms with Crippen molar-refractivity contribution in [3.63, 3.8) is 0 Å². The highest BCUT2D eigenvalue weighted by atomic mass is 35.5. The Morgan fingerprint density at radius 1 is 1.14 bits per heavy atom. The third-order valence-corrected chi connectivity index (χ3v) is 6.11. The summed E-state index contributed by atoms with van der Waals surface area (Å²) in [5.41, 5.74) is 1.36. The third kappa shape index (κ3) is 4.25. The first-order valence-electron chi connectivity index (χ1n) is 8.10. The van der Waals surface area contributed by atoms with Gasteiger partial charge in [-0.3, -0.25) is 14.8 Å². The lowest BCUT2D eigenvalue weighted by Crippen LogP contribution is -2.61. The van der Waals surface area contributed by atoms with Crippen LogP contribution < -0.4 is 15.5 Å². The number of sulfonamides is 1. The van der Waals surface area contributed by atoms with Gasteiger partial charge in [0.05, 0.1) is 4.90 Å². The van der Waals surface area contributed by atoms with Gasteiger partial charge in [-0.2, -0.15) is 4.31 Å². The summed E-state index contributed by atoms with van der Waals surface area (Å²) in [6.45, 7) is -0.199. The van der Waals surface area contributed by atoms with E-state index >= 15 is 0 Å². The average Bonchev–Trinajstić information content (AvgIpc) is 2.69. The molecule has 9 nitrogen and oxygen atoms in total. The fourth-order valence-corrected chi connectivity index (χ4v) is 4.24. The Labute approximate surface area is 165 Å². The van der Waals surface area contributed by atoms with Crippen LogP contribution in [-0.4, -0.2) is 42.5 Å². The standard InChI is InChI=1S/C17H16ClN3O6S/c18-11-1-3-12(4-2-11)27-13-5-7-14(8-6-13)28(25,26)21-10-9-15(22)19-16(21)17(23)20-24/h1-8,16,24H,9-10H2,(H,19,22)(H,20,23). The maximum atomic E-state index is 12.9. The quantitative estimate of drug-likeness (QED) is 0.492. The van der Waals surface area contributed by atoms with Gasteiger partial charge in [0, 0.05) is 18.0 Å². The predicted octanol–water partition coefficient (Wildman–Crippen LogP) is 1.47. The third-order valence-electron chi connectivity index (χ3n) is 3.98. The normalized spacial score (nSPS) is 17.6. The van der Waals surface area contributed by atoms with E-state index in [4.69, 9.17) is 21.5 Å². The Kier molecular flexibility index (Phi) is 5.84. The van der Waals surface area contributed by atoms with Crippen molar-refractivity contribution in [3.05, 3.63) is 53.6 Å². The van der Waals surface area contributed by atoms with Crippen LogP contribution in [0.25, 0.3) is 0 Å². The maximum absolute atomic E-state index is 12.9. The van der Waals surface area contributed by atoms with Gasteiger partial charge in [0.1, 0.15) is 11.5 Å². The fourth-order valence-electron chi connectivity index (χ4n) is 2.61. The van der Waals surface area contributed by atoms with Gasteiger partial charge in [0.2, 0.25) is 15.9 Å². The summed E-state index contributed by atoms with van der Waals surface area (Å²) < 4.78 is 32.2. The van der Waals surface area contributed by atoms with E-state index in [-0.39, 0.29) is 17.9 Å². The molecule has 0 bridgehead atoms. The maximum Gasteiger partial charge on any atom is 0.282 e. The largest absolute Gasteiger partial charge is 0.457 e. The minimum absolute atomic E-state index is 0.0946. The van der Waals surface area contributed by atoms with Crippen molar-refractivity contribution in [2.75, 3.05) is 6.54 Å². The number of hydrogen-bond acceptors (Lipinski definition) is 6. The first-order chi connectivity index (χ1) is 13.3. The van der Waals surface area contributed by atoms with Crippen molar-refractivity contribution in [2.45, 2.75) is 17.5 Å². The highest BCUT2D eigenvalue weighted by Crippen LogP contribution is 2.26. The molecule has 3 rings (SSSR count). The summed E-state index contributed by atoms with van der Waals surface area (Å²) in [5.74, 6) is -0.623. The Balaban J connectivity index is 1.82. The number of halogens is 1. The van der Waals surface area contributed by atoms with E-state index in [0.29, 0.717) is 16.5 Å². The molecule has 0 aromatic heterocycles. The Morgan fingerprint density at radius 2 is 1.71 bits per heavy atom. The number of carbonyl (C=O) groups excluding carboxylic acids is 2. The molecule has 1 fully saturated rings.